The molecule has 3 aliphatic rings. The van der Waals surface area contributed by atoms with Crippen molar-refractivity contribution in [2.24, 2.45) is 0 Å². The van der Waals surface area contributed by atoms with Crippen LogP contribution in [0, 0.1) is 3.57 Å². The molecule has 3 fully saturated rings. The minimum absolute atomic E-state index is 0.0400. The van der Waals surface area contributed by atoms with Gasteiger partial charge in [-0.3, -0.25) is 4.84 Å². The molecule has 0 N–H and O–H groups in total. The van der Waals surface area contributed by atoms with E-state index in [2.05, 4.69) is 32.6 Å². The molecular weight excluding hydrogens is 594 g/mol. The summed E-state index contributed by atoms with van der Waals surface area (Å²) in [4.78, 5) is 14.0. The van der Waals surface area contributed by atoms with Gasteiger partial charge in [-0.1, -0.05) is 11.6 Å². The van der Waals surface area contributed by atoms with Gasteiger partial charge < -0.3 is 23.5 Å². The molecule has 0 radical (unpaired) electrons. The van der Waals surface area contributed by atoms with Crippen LogP contribution in [0.2, 0.25) is 5.15 Å². The van der Waals surface area contributed by atoms with Gasteiger partial charge in [-0.05, 0) is 61.6 Å². The molecule has 35 heavy (non-hydrogen) atoms. The van der Waals surface area contributed by atoms with Crippen LogP contribution < -0.4 is 0 Å². The summed E-state index contributed by atoms with van der Waals surface area (Å²) in [5.41, 5.74) is -1.35. The highest BCUT2D eigenvalue weighted by Crippen LogP contribution is 2.45. The van der Waals surface area contributed by atoms with Crippen molar-refractivity contribution < 1.29 is 28.2 Å². The van der Waals surface area contributed by atoms with Crippen LogP contribution >= 0.6 is 34.2 Å². The van der Waals surface area contributed by atoms with Crippen LogP contribution in [0.3, 0.4) is 0 Å². The summed E-state index contributed by atoms with van der Waals surface area (Å²) in [6.07, 6.45) is 5.80. The molecule has 5 rings (SSSR count). The lowest BCUT2D eigenvalue weighted by atomic mass is 9.98. The lowest BCUT2D eigenvalue weighted by Gasteiger charge is -2.31. The number of alkyl halides is 1. The molecule has 0 aliphatic carbocycles. The average Bonchev–Trinajstić information content (AvgIpc) is 3.32. The van der Waals surface area contributed by atoms with Gasteiger partial charge in [0.05, 0.1) is 31.3 Å². The molecule has 3 saturated heterocycles. The molecule has 12 heteroatoms. The highest BCUT2D eigenvalue weighted by molar-refractivity contribution is 14.1. The van der Waals surface area contributed by atoms with Crippen LogP contribution in [0.5, 0.6) is 0 Å². The third-order valence-corrected chi connectivity index (χ3v) is 7.88. The van der Waals surface area contributed by atoms with Crippen molar-refractivity contribution in [2.45, 2.75) is 69.2 Å². The third kappa shape index (κ3) is 5.62. The smallest absolute Gasteiger partial charge is 0.181 e. The first kappa shape index (κ1) is 26.0. The van der Waals surface area contributed by atoms with Crippen LogP contribution in [0.4, 0.5) is 4.39 Å². The summed E-state index contributed by atoms with van der Waals surface area (Å²) in [6.45, 7) is 4.48. The van der Waals surface area contributed by atoms with Crippen molar-refractivity contribution in [1.82, 2.24) is 19.6 Å². The fourth-order valence-corrected chi connectivity index (χ4v) is 6.15. The maximum absolute atomic E-state index is 16.6. The summed E-state index contributed by atoms with van der Waals surface area (Å²) in [5.74, 6) is 0. The van der Waals surface area contributed by atoms with Crippen LogP contribution in [-0.4, -0.2) is 83.3 Å². The van der Waals surface area contributed by atoms with E-state index in [1.807, 2.05) is 0 Å². The van der Waals surface area contributed by atoms with Gasteiger partial charge in [0.1, 0.15) is 36.1 Å². The van der Waals surface area contributed by atoms with Gasteiger partial charge in [0, 0.05) is 22.9 Å². The van der Waals surface area contributed by atoms with Gasteiger partial charge in [0.15, 0.2) is 11.9 Å². The minimum atomic E-state index is -1.86. The van der Waals surface area contributed by atoms with Gasteiger partial charge in [-0.25, -0.2) is 14.4 Å². The summed E-state index contributed by atoms with van der Waals surface area (Å²) < 4.78 is 43.3. The summed E-state index contributed by atoms with van der Waals surface area (Å²) in [6, 6.07) is 0. The number of fused-ring (bicyclic) bond motifs is 1. The number of aromatic nitrogens is 3. The first-order valence-electron chi connectivity index (χ1n) is 12.1. The molecule has 0 saturated carbocycles. The quantitative estimate of drug-likeness (QED) is 0.318. The number of halogens is 3. The first-order chi connectivity index (χ1) is 16.9. The Morgan fingerprint density at radius 1 is 1.23 bits per heavy atom. The van der Waals surface area contributed by atoms with Crippen molar-refractivity contribution in [2.75, 3.05) is 39.7 Å². The number of rotatable bonds is 8. The minimum Gasteiger partial charge on any atom is -0.376 e. The van der Waals surface area contributed by atoms with E-state index in [-0.39, 0.29) is 12.7 Å². The fourth-order valence-electron chi connectivity index (χ4n) is 4.96. The fraction of sp³-hybridized carbons (Fsp3) is 0.739. The zero-order valence-corrected chi connectivity index (χ0v) is 22.6. The molecule has 2 aromatic rings. The second-order valence-corrected chi connectivity index (χ2v) is 10.9. The van der Waals surface area contributed by atoms with E-state index in [1.165, 1.54) is 13.3 Å². The van der Waals surface area contributed by atoms with E-state index < -0.39 is 24.1 Å². The SMILES string of the molecule is C[C@]1(F)C(n2cc(I)c3c(Cl)ncnc32)OC(COCN2CCCCO2)[C@H]1OCC1CCCCO1. The Morgan fingerprint density at radius 3 is 2.86 bits per heavy atom. The van der Waals surface area contributed by atoms with Crippen LogP contribution in [0.25, 0.3) is 11.0 Å². The van der Waals surface area contributed by atoms with Crippen molar-refractivity contribution in [3.05, 3.63) is 21.2 Å². The van der Waals surface area contributed by atoms with Gasteiger partial charge in [0.2, 0.25) is 0 Å². The summed E-state index contributed by atoms with van der Waals surface area (Å²) >= 11 is 8.46. The third-order valence-electron chi connectivity index (χ3n) is 6.78. The predicted octanol–water partition coefficient (Wildman–Crippen LogP) is 4.27. The normalized spacial score (nSPS) is 32.5. The highest BCUT2D eigenvalue weighted by atomic mass is 127. The summed E-state index contributed by atoms with van der Waals surface area (Å²) in [7, 11) is 0. The number of ether oxygens (including phenoxy) is 4. The maximum atomic E-state index is 16.6. The predicted molar refractivity (Wildman–Crippen MR) is 135 cm³/mol. The largest absolute Gasteiger partial charge is 0.376 e. The van der Waals surface area contributed by atoms with Gasteiger partial charge in [-0.2, -0.15) is 5.06 Å². The van der Waals surface area contributed by atoms with E-state index in [0.717, 1.165) is 42.2 Å². The Morgan fingerprint density at radius 2 is 2.09 bits per heavy atom. The Balaban J connectivity index is 1.35. The van der Waals surface area contributed by atoms with E-state index in [9.17, 15) is 0 Å². The molecule has 0 spiro atoms. The molecule has 3 aliphatic heterocycles. The lowest BCUT2D eigenvalue weighted by molar-refractivity contribution is -0.231. The molecular formula is C23H31ClFIN4O5. The Kier molecular flexibility index (Phi) is 8.44. The van der Waals surface area contributed by atoms with Crippen molar-refractivity contribution in [3.8, 4) is 0 Å². The first-order valence-corrected chi connectivity index (χ1v) is 13.6. The molecule has 5 heterocycles. The Labute approximate surface area is 222 Å². The molecule has 0 bridgehead atoms. The maximum Gasteiger partial charge on any atom is 0.181 e. The molecule has 0 amide bonds. The van der Waals surface area contributed by atoms with Crippen LogP contribution in [0.15, 0.2) is 12.5 Å². The van der Waals surface area contributed by atoms with Crippen LogP contribution in [-0.2, 0) is 23.8 Å². The summed E-state index contributed by atoms with van der Waals surface area (Å²) in [5, 5.41) is 2.78. The number of nitrogens with zero attached hydrogens (tertiary/aromatic N) is 4. The zero-order valence-electron chi connectivity index (χ0n) is 19.7. The molecule has 194 valence electrons. The van der Waals surface area contributed by atoms with E-state index in [1.54, 1.807) is 15.8 Å². The molecule has 9 nitrogen and oxygen atoms in total. The van der Waals surface area contributed by atoms with E-state index >= 15 is 4.39 Å². The standard InChI is InChI=1S/C23H31ClFIN4O5/c1-23(25)19(33-11-15-6-2-4-8-32-15)17(12-31-14-29-7-3-5-9-34-29)35-22(23)30-10-16(26)18-20(24)27-13-28-21(18)30/h10,13,15,17,19,22H,2-9,11-12,14H2,1H3/t15?,17?,19-,22?,23-/m1/s1. The topological polar surface area (TPSA) is 80.1 Å². The molecule has 5 atom stereocenters. The van der Waals surface area contributed by atoms with Crippen LogP contribution in [0.1, 0.15) is 45.3 Å². The van der Waals surface area contributed by atoms with Crippen molar-refractivity contribution in [3.63, 3.8) is 0 Å². The molecule has 0 aromatic carbocycles. The lowest BCUT2D eigenvalue weighted by Crippen LogP contribution is -2.45. The Bertz CT molecular complexity index is 1000. The van der Waals surface area contributed by atoms with Gasteiger partial charge in [0.25, 0.3) is 0 Å². The second-order valence-electron chi connectivity index (χ2n) is 9.41. The second kappa shape index (κ2) is 11.4. The number of hydrogen-bond acceptors (Lipinski definition) is 8. The van der Waals surface area contributed by atoms with Crippen molar-refractivity contribution >= 4 is 45.2 Å². The molecule has 2 aromatic heterocycles. The number of hydroxylamine groups is 2. The van der Waals surface area contributed by atoms with Gasteiger partial charge in [-0.15, -0.1) is 0 Å². The number of hydrogen-bond donors (Lipinski definition) is 0. The van der Waals surface area contributed by atoms with E-state index in [0.29, 0.717) is 42.7 Å². The molecule has 3 unspecified atom stereocenters. The highest BCUT2D eigenvalue weighted by Gasteiger charge is 2.57. The van der Waals surface area contributed by atoms with E-state index in [4.69, 9.17) is 35.4 Å². The average molecular weight is 625 g/mol. The van der Waals surface area contributed by atoms with Gasteiger partial charge >= 0.3 is 0 Å². The van der Waals surface area contributed by atoms with Crippen molar-refractivity contribution in [1.29, 1.82) is 0 Å². The zero-order chi connectivity index (χ0) is 24.4. The monoisotopic (exact) mass is 624 g/mol. The Hall–Kier alpha value is -0.670.